The molecule has 1 fully saturated rings. The Morgan fingerprint density at radius 3 is 2.88 bits per heavy atom. The molecule has 1 saturated heterocycles. The van der Waals surface area contributed by atoms with Gasteiger partial charge in [0.2, 0.25) is 5.91 Å². The molecule has 3 rings (SSSR count). The Kier molecular flexibility index (Phi) is 4.67. The van der Waals surface area contributed by atoms with Gasteiger partial charge in [-0.2, -0.15) is 0 Å². The Bertz CT molecular complexity index is 872. The quantitative estimate of drug-likeness (QED) is 0.849. The van der Waals surface area contributed by atoms with Crippen molar-refractivity contribution >= 4 is 16.9 Å². The Labute approximate surface area is 144 Å². The van der Waals surface area contributed by atoms with Crippen LogP contribution >= 0.6 is 0 Å². The van der Waals surface area contributed by atoms with Crippen LogP contribution in [0, 0.1) is 6.92 Å². The lowest BCUT2D eigenvalue weighted by molar-refractivity contribution is -0.137. The number of hydrogen-bond donors (Lipinski definition) is 1. The first-order valence-corrected chi connectivity index (χ1v) is 8.13. The number of carbonyl (C=O) groups is 1. The molecule has 1 amide bonds. The smallest absolute Gasteiger partial charge is 0.340 e. The van der Waals surface area contributed by atoms with Crippen LogP contribution in [0.3, 0.4) is 0 Å². The second-order valence-electron chi connectivity index (χ2n) is 6.21. The molecular formula is C18H21NO6. The van der Waals surface area contributed by atoms with Crippen LogP contribution in [0.25, 0.3) is 11.0 Å². The molecule has 134 valence electrons. The van der Waals surface area contributed by atoms with Gasteiger partial charge in [-0.3, -0.25) is 4.79 Å². The number of methoxy groups -OCH3 is 1. The Balaban J connectivity index is 1.97. The number of hydrogen-bond acceptors (Lipinski definition) is 6. The summed E-state index contributed by atoms with van der Waals surface area (Å²) in [6, 6.07) is 2.95. The number of aryl methyl sites for hydroxylation is 1. The topological polar surface area (TPSA) is 89.2 Å². The largest absolute Gasteiger partial charge is 0.504 e. The Morgan fingerprint density at radius 1 is 1.44 bits per heavy atom. The number of benzene rings is 1. The molecule has 25 heavy (non-hydrogen) atoms. The molecular weight excluding hydrogens is 326 g/mol. The zero-order chi connectivity index (χ0) is 18.1. The fourth-order valence-corrected chi connectivity index (χ4v) is 3.08. The van der Waals surface area contributed by atoms with E-state index in [0.29, 0.717) is 36.2 Å². The van der Waals surface area contributed by atoms with E-state index in [-0.39, 0.29) is 35.5 Å². The van der Waals surface area contributed by atoms with Crippen LogP contribution in [0.4, 0.5) is 0 Å². The predicted octanol–water partition coefficient (Wildman–Crippen LogP) is 1.61. The van der Waals surface area contributed by atoms with Gasteiger partial charge >= 0.3 is 5.63 Å². The fraction of sp³-hybridized carbons (Fsp3) is 0.444. The summed E-state index contributed by atoms with van der Waals surface area (Å²) < 4.78 is 15.8. The fourth-order valence-electron chi connectivity index (χ4n) is 3.08. The molecule has 1 aromatic heterocycles. The van der Waals surface area contributed by atoms with Crippen LogP contribution in [0.15, 0.2) is 21.3 Å². The van der Waals surface area contributed by atoms with Crippen LogP contribution in [-0.2, 0) is 16.0 Å². The molecule has 0 saturated carbocycles. The number of phenols is 1. The number of nitrogens with zero attached hydrogens (tertiary/aromatic N) is 1. The lowest BCUT2D eigenvalue weighted by Gasteiger charge is -2.31. The predicted molar refractivity (Wildman–Crippen MR) is 91.1 cm³/mol. The number of carbonyl (C=O) groups excluding carboxylic acids is 1. The van der Waals surface area contributed by atoms with Crippen LogP contribution in [0.2, 0.25) is 0 Å². The molecule has 2 heterocycles. The summed E-state index contributed by atoms with van der Waals surface area (Å²) in [6.45, 7) is 5.20. The average molecular weight is 347 g/mol. The van der Waals surface area contributed by atoms with Crippen molar-refractivity contribution in [2.45, 2.75) is 26.4 Å². The molecule has 0 spiro atoms. The van der Waals surface area contributed by atoms with Crippen molar-refractivity contribution in [1.29, 1.82) is 0 Å². The first kappa shape index (κ1) is 17.3. The summed E-state index contributed by atoms with van der Waals surface area (Å²) >= 11 is 0. The first-order chi connectivity index (χ1) is 11.9. The molecule has 0 aliphatic carbocycles. The first-order valence-electron chi connectivity index (χ1n) is 8.13. The van der Waals surface area contributed by atoms with Crippen LogP contribution < -0.4 is 10.4 Å². The molecule has 1 aliphatic heterocycles. The number of ether oxygens (including phenoxy) is 2. The zero-order valence-corrected chi connectivity index (χ0v) is 14.5. The van der Waals surface area contributed by atoms with E-state index in [1.807, 2.05) is 6.92 Å². The summed E-state index contributed by atoms with van der Waals surface area (Å²) in [4.78, 5) is 26.6. The number of aromatic hydroxyl groups is 1. The highest BCUT2D eigenvalue weighted by Crippen LogP contribution is 2.32. The van der Waals surface area contributed by atoms with Crippen molar-refractivity contribution in [1.82, 2.24) is 4.90 Å². The molecule has 0 unspecified atom stereocenters. The Morgan fingerprint density at radius 2 is 2.20 bits per heavy atom. The maximum atomic E-state index is 12.6. The van der Waals surface area contributed by atoms with Gasteiger partial charge in [0, 0.05) is 24.5 Å². The number of fused-ring (bicyclic) bond motifs is 1. The molecule has 0 radical (unpaired) electrons. The van der Waals surface area contributed by atoms with Crippen molar-refractivity contribution in [3.05, 3.63) is 33.7 Å². The molecule has 1 N–H and O–H groups in total. The lowest BCUT2D eigenvalue weighted by atomic mass is 10.0. The molecule has 1 aromatic carbocycles. The maximum absolute atomic E-state index is 12.6. The van der Waals surface area contributed by atoms with Gasteiger partial charge in [0.25, 0.3) is 0 Å². The highest BCUT2D eigenvalue weighted by Gasteiger charge is 2.24. The van der Waals surface area contributed by atoms with Crippen molar-refractivity contribution in [3.63, 3.8) is 0 Å². The van der Waals surface area contributed by atoms with E-state index in [0.717, 1.165) is 0 Å². The SMILES string of the molecule is COc1cc2c(C)c(CC(=O)N3CCO[C@@H](C)C3)c(=O)oc2cc1O. The van der Waals surface area contributed by atoms with E-state index in [1.165, 1.54) is 13.2 Å². The third-order valence-electron chi connectivity index (χ3n) is 4.51. The van der Waals surface area contributed by atoms with Gasteiger partial charge < -0.3 is 23.9 Å². The summed E-state index contributed by atoms with van der Waals surface area (Å²) in [5.41, 5.74) is 0.671. The van der Waals surface area contributed by atoms with Crippen molar-refractivity contribution in [2.75, 3.05) is 26.8 Å². The number of morpholine rings is 1. The summed E-state index contributed by atoms with van der Waals surface area (Å²) in [6.07, 6.45) is -0.0425. The molecule has 7 heteroatoms. The monoisotopic (exact) mass is 347 g/mol. The minimum Gasteiger partial charge on any atom is -0.504 e. The van der Waals surface area contributed by atoms with Gasteiger partial charge in [-0.05, 0) is 25.5 Å². The molecule has 0 bridgehead atoms. The highest BCUT2D eigenvalue weighted by atomic mass is 16.5. The molecule has 1 atom stereocenters. The third-order valence-corrected chi connectivity index (χ3v) is 4.51. The zero-order valence-electron chi connectivity index (χ0n) is 14.5. The van der Waals surface area contributed by atoms with Gasteiger partial charge in [-0.25, -0.2) is 4.79 Å². The number of rotatable bonds is 3. The lowest BCUT2D eigenvalue weighted by Crippen LogP contribution is -2.45. The minimum atomic E-state index is -0.566. The van der Waals surface area contributed by atoms with E-state index in [1.54, 1.807) is 17.9 Å². The van der Waals surface area contributed by atoms with Gasteiger partial charge in [0.1, 0.15) is 5.58 Å². The normalized spacial score (nSPS) is 17.7. The summed E-state index contributed by atoms with van der Waals surface area (Å²) in [7, 11) is 1.44. The van der Waals surface area contributed by atoms with E-state index in [2.05, 4.69) is 0 Å². The third kappa shape index (κ3) is 3.32. The summed E-state index contributed by atoms with van der Waals surface area (Å²) in [5, 5.41) is 10.5. The standard InChI is InChI=1S/C18H21NO6/c1-10-9-19(4-5-24-10)17(21)7-13-11(2)12-6-16(23-3)14(20)8-15(12)25-18(13)22/h6,8,10,20H,4-5,7,9H2,1-3H3/t10-/m0/s1. The van der Waals surface area contributed by atoms with Crippen molar-refractivity contribution in [3.8, 4) is 11.5 Å². The van der Waals surface area contributed by atoms with E-state index < -0.39 is 5.63 Å². The highest BCUT2D eigenvalue weighted by molar-refractivity contribution is 5.86. The van der Waals surface area contributed by atoms with E-state index >= 15 is 0 Å². The summed E-state index contributed by atoms with van der Waals surface area (Å²) in [5.74, 6) is 0.0445. The maximum Gasteiger partial charge on any atom is 0.340 e. The second kappa shape index (κ2) is 6.76. The molecule has 2 aromatic rings. The Hall–Kier alpha value is -2.54. The van der Waals surface area contributed by atoms with Gasteiger partial charge in [0.15, 0.2) is 11.5 Å². The minimum absolute atomic E-state index is 0.0148. The van der Waals surface area contributed by atoms with E-state index in [9.17, 15) is 14.7 Å². The average Bonchev–Trinajstić information content (AvgIpc) is 2.58. The number of phenolic OH excluding ortho intramolecular Hbond substituents is 1. The molecule has 1 aliphatic rings. The van der Waals surface area contributed by atoms with Gasteiger partial charge in [0.05, 0.1) is 31.8 Å². The van der Waals surface area contributed by atoms with Gasteiger partial charge in [-0.1, -0.05) is 0 Å². The van der Waals surface area contributed by atoms with Gasteiger partial charge in [-0.15, -0.1) is 0 Å². The molecule has 7 nitrogen and oxygen atoms in total. The van der Waals surface area contributed by atoms with Crippen molar-refractivity contribution in [2.24, 2.45) is 0 Å². The van der Waals surface area contributed by atoms with Crippen LogP contribution in [0.5, 0.6) is 11.5 Å². The number of amides is 1. The van der Waals surface area contributed by atoms with Crippen LogP contribution in [-0.4, -0.2) is 48.8 Å². The second-order valence-corrected chi connectivity index (χ2v) is 6.21. The van der Waals surface area contributed by atoms with E-state index in [4.69, 9.17) is 13.9 Å². The van der Waals surface area contributed by atoms with Crippen molar-refractivity contribution < 1.29 is 23.8 Å². The van der Waals surface area contributed by atoms with Crippen LogP contribution in [0.1, 0.15) is 18.1 Å².